The van der Waals surface area contributed by atoms with Crippen LogP contribution < -0.4 is 0 Å². The van der Waals surface area contributed by atoms with Crippen LogP contribution in [0.4, 0.5) is 0 Å². The second kappa shape index (κ2) is 5.33. The van der Waals surface area contributed by atoms with E-state index in [-0.39, 0.29) is 0 Å². The highest BCUT2D eigenvalue weighted by Crippen LogP contribution is 2.38. The lowest BCUT2D eigenvalue weighted by molar-refractivity contribution is 0.439. The van der Waals surface area contributed by atoms with Crippen LogP contribution in [0.2, 0.25) is 0 Å². The van der Waals surface area contributed by atoms with Gasteiger partial charge in [0.25, 0.3) is 0 Å². The smallest absolute Gasteiger partial charge is 0.0533 e. The Labute approximate surface area is 106 Å². The molecule has 0 radical (unpaired) electrons. The van der Waals surface area contributed by atoms with E-state index in [2.05, 4.69) is 18.2 Å². The zero-order valence-corrected chi connectivity index (χ0v) is 11.0. The third-order valence-electron chi connectivity index (χ3n) is 4.95. The van der Waals surface area contributed by atoms with Crippen molar-refractivity contribution in [2.75, 3.05) is 0 Å². The fourth-order valence-electron chi connectivity index (χ4n) is 3.86. The van der Waals surface area contributed by atoms with Crippen molar-refractivity contribution in [3.63, 3.8) is 0 Å². The molecule has 0 heteroatoms. The third kappa shape index (κ3) is 2.61. The van der Waals surface area contributed by atoms with E-state index in [1.165, 1.54) is 64.2 Å². The molecule has 3 rings (SSSR count). The first-order chi connectivity index (χ1) is 8.43. The zero-order valence-electron chi connectivity index (χ0n) is 11.0. The molecule has 0 aromatic heterocycles. The molecule has 1 aromatic rings. The van der Waals surface area contributed by atoms with Crippen molar-refractivity contribution >= 4 is 0 Å². The number of hydrogen-bond acceptors (Lipinski definition) is 0. The maximum absolute atomic E-state index is 2.55. The predicted molar refractivity (Wildman–Crippen MR) is 73.7 cm³/mol. The van der Waals surface area contributed by atoms with Crippen molar-refractivity contribution in [2.24, 2.45) is 0 Å². The average molecular weight is 229 g/mol. The summed E-state index contributed by atoms with van der Waals surface area (Å²) in [6.45, 7) is 0. The Morgan fingerprint density at radius 1 is 0.824 bits per heavy atom. The molecule has 0 unspecified atom stereocenters. The SMILES string of the molecule is c1c[c-](C2CCCCC2)cc1C1CCCCC1. The zero-order chi connectivity index (χ0) is 11.5. The van der Waals surface area contributed by atoms with Crippen LogP contribution in [0.1, 0.15) is 87.2 Å². The van der Waals surface area contributed by atoms with Crippen LogP contribution in [-0.2, 0) is 0 Å². The van der Waals surface area contributed by atoms with Gasteiger partial charge >= 0.3 is 0 Å². The van der Waals surface area contributed by atoms with Gasteiger partial charge in [-0.1, -0.05) is 76.0 Å². The lowest BCUT2D eigenvalue weighted by Gasteiger charge is -2.27. The van der Waals surface area contributed by atoms with Gasteiger partial charge in [0.15, 0.2) is 0 Å². The highest BCUT2D eigenvalue weighted by molar-refractivity contribution is 5.32. The summed E-state index contributed by atoms with van der Waals surface area (Å²) in [6, 6.07) is 7.41. The fraction of sp³-hybridized carbons (Fsp3) is 0.706. The van der Waals surface area contributed by atoms with Crippen LogP contribution in [0, 0.1) is 0 Å². The molecule has 0 aliphatic heterocycles. The van der Waals surface area contributed by atoms with Gasteiger partial charge in [-0.05, 0) is 0 Å². The largest absolute Gasteiger partial charge is 0.210 e. The highest BCUT2D eigenvalue weighted by atomic mass is 14.2. The van der Waals surface area contributed by atoms with Crippen LogP contribution in [0.25, 0.3) is 0 Å². The van der Waals surface area contributed by atoms with Crippen molar-refractivity contribution in [1.82, 2.24) is 0 Å². The van der Waals surface area contributed by atoms with E-state index in [1.807, 2.05) is 0 Å². The number of hydrogen-bond donors (Lipinski definition) is 0. The van der Waals surface area contributed by atoms with Crippen molar-refractivity contribution in [3.8, 4) is 0 Å². The molecule has 94 valence electrons. The monoisotopic (exact) mass is 229 g/mol. The molecule has 2 aliphatic rings. The Balaban J connectivity index is 1.68. The van der Waals surface area contributed by atoms with E-state index >= 15 is 0 Å². The molecule has 0 N–H and O–H groups in total. The van der Waals surface area contributed by atoms with Crippen LogP contribution in [-0.4, -0.2) is 0 Å². The van der Waals surface area contributed by atoms with Gasteiger partial charge in [-0.15, -0.1) is 0 Å². The second-order valence-corrected chi connectivity index (χ2v) is 6.15. The highest BCUT2D eigenvalue weighted by Gasteiger charge is 2.15. The summed E-state index contributed by atoms with van der Waals surface area (Å²) in [7, 11) is 0. The first-order valence-electron chi connectivity index (χ1n) is 7.70. The van der Waals surface area contributed by atoms with Gasteiger partial charge in [0.05, 0.1) is 0 Å². The molecule has 0 heterocycles. The molecule has 2 saturated carbocycles. The van der Waals surface area contributed by atoms with E-state index in [9.17, 15) is 0 Å². The summed E-state index contributed by atoms with van der Waals surface area (Å²) in [4.78, 5) is 0. The van der Waals surface area contributed by atoms with Gasteiger partial charge in [-0.2, -0.15) is 23.3 Å². The van der Waals surface area contributed by atoms with Gasteiger partial charge < -0.3 is 0 Å². The van der Waals surface area contributed by atoms with Crippen LogP contribution in [0.3, 0.4) is 0 Å². The van der Waals surface area contributed by atoms with Crippen molar-refractivity contribution < 1.29 is 0 Å². The Morgan fingerprint density at radius 3 is 2.18 bits per heavy atom. The van der Waals surface area contributed by atoms with E-state index in [0.717, 1.165) is 11.8 Å². The minimum Gasteiger partial charge on any atom is -0.210 e. The molecule has 2 aliphatic carbocycles. The van der Waals surface area contributed by atoms with E-state index < -0.39 is 0 Å². The van der Waals surface area contributed by atoms with Crippen LogP contribution >= 0.6 is 0 Å². The Bertz CT molecular complexity index is 302. The maximum atomic E-state index is 2.55. The minimum absolute atomic E-state index is 0.890. The molecular formula is C17H25-. The topological polar surface area (TPSA) is 0 Å². The van der Waals surface area contributed by atoms with Crippen LogP contribution in [0.15, 0.2) is 18.2 Å². The Kier molecular flexibility index (Phi) is 3.59. The third-order valence-corrected chi connectivity index (χ3v) is 4.95. The summed E-state index contributed by atoms with van der Waals surface area (Å²) in [5.41, 5.74) is 3.32. The first kappa shape index (κ1) is 11.4. The van der Waals surface area contributed by atoms with E-state index in [0.29, 0.717) is 0 Å². The normalized spacial score (nSPS) is 24.0. The second-order valence-electron chi connectivity index (χ2n) is 6.15. The van der Waals surface area contributed by atoms with Gasteiger partial charge in [-0.25, -0.2) is 6.07 Å². The molecule has 0 nitrogen and oxygen atoms in total. The van der Waals surface area contributed by atoms with Crippen molar-refractivity contribution in [1.29, 1.82) is 0 Å². The molecule has 1 aromatic carbocycles. The average Bonchev–Trinajstić information content (AvgIpc) is 2.90. The minimum atomic E-state index is 0.890. The summed E-state index contributed by atoms with van der Waals surface area (Å²) in [5, 5.41) is 0. The maximum Gasteiger partial charge on any atom is -0.0533 e. The summed E-state index contributed by atoms with van der Waals surface area (Å²) in [6.07, 6.45) is 14.5. The van der Waals surface area contributed by atoms with Gasteiger partial charge in [0.2, 0.25) is 0 Å². The van der Waals surface area contributed by atoms with Gasteiger partial charge in [-0.3, -0.25) is 0 Å². The Morgan fingerprint density at radius 2 is 1.47 bits per heavy atom. The summed E-state index contributed by atoms with van der Waals surface area (Å²) in [5.74, 6) is 1.78. The lowest BCUT2D eigenvalue weighted by atomic mass is 9.83. The van der Waals surface area contributed by atoms with Gasteiger partial charge in [0.1, 0.15) is 0 Å². The van der Waals surface area contributed by atoms with E-state index in [1.54, 1.807) is 11.1 Å². The molecule has 0 amide bonds. The van der Waals surface area contributed by atoms with Crippen LogP contribution in [0.5, 0.6) is 0 Å². The molecule has 17 heavy (non-hydrogen) atoms. The fourth-order valence-corrected chi connectivity index (χ4v) is 3.86. The lowest BCUT2D eigenvalue weighted by Crippen LogP contribution is -2.04. The molecule has 0 atom stereocenters. The van der Waals surface area contributed by atoms with E-state index in [4.69, 9.17) is 0 Å². The molecule has 2 fully saturated rings. The summed E-state index contributed by atoms with van der Waals surface area (Å²) >= 11 is 0. The molecular weight excluding hydrogens is 204 g/mol. The predicted octanol–water partition coefficient (Wildman–Crippen LogP) is 5.50. The molecule has 0 bridgehead atoms. The van der Waals surface area contributed by atoms with Crippen molar-refractivity contribution in [3.05, 3.63) is 29.3 Å². The Hall–Kier alpha value is -0.650. The molecule has 0 saturated heterocycles. The first-order valence-corrected chi connectivity index (χ1v) is 7.70. The number of rotatable bonds is 2. The summed E-state index contributed by atoms with van der Waals surface area (Å²) < 4.78 is 0. The van der Waals surface area contributed by atoms with Crippen molar-refractivity contribution in [2.45, 2.75) is 76.0 Å². The van der Waals surface area contributed by atoms with Gasteiger partial charge in [0, 0.05) is 0 Å². The standard InChI is InChI=1S/C17H25/c1-3-7-14(8-4-1)16-11-12-17(13-16)15-9-5-2-6-10-15/h11-15H,1-10H2/q-1. The molecule has 0 spiro atoms. The quantitative estimate of drug-likeness (QED) is 0.587.